The molecule has 0 aliphatic carbocycles. The Balaban J connectivity index is 2.09. The number of esters is 1. The third-order valence-corrected chi connectivity index (χ3v) is 4.96. The number of nitrogens with one attached hydrogen (secondary N) is 1. The number of halogens is 1. The van der Waals surface area contributed by atoms with Gasteiger partial charge < -0.3 is 10.1 Å². The van der Waals surface area contributed by atoms with E-state index in [-0.39, 0.29) is 10.7 Å². The Morgan fingerprint density at radius 2 is 2.00 bits per heavy atom. The molecule has 0 aliphatic rings. The highest BCUT2D eigenvalue weighted by atomic mass is 35.5. The number of carbonyl (C=O) groups excluding carboxylic acids is 2. The van der Waals surface area contributed by atoms with E-state index in [4.69, 9.17) is 16.3 Å². The van der Waals surface area contributed by atoms with Crippen molar-refractivity contribution in [2.45, 2.75) is 24.8 Å². The third kappa shape index (κ3) is 4.87. The fourth-order valence-corrected chi connectivity index (χ4v) is 3.09. The number of benzene rings is 1. The van der Waals surface area contributed by atoms with E-state index in [0.717, 1.165) is 0 Å². The minimum absolute atomic E-state index is 0.137. The van der Waals surface area contributed by atoms with Crippen molar-refractivity contribution < 1.29 is 18.5 Å². The highest BCUT2D eigenvalue weighted by molar-refractivity contribution is 7.85. The number of aromatic nitrogens is 1. The number of nitrogens with zero attached hydrogens (tertiary/aromatic N) is 1. The number of amides is 1. The van der Waals surface area contributed by atoms with Crippen molar-refractivity contribution in [3.05, 3.63) is 53.3 Å². The fourth-order valence-electron chi connectivity index (χ4n) is 1.98. The average molecular weight is 381 g/mol. The summed E-state index contributed by atoms with van der Waals surface area (Å²) in [5.41, 5.74) is 0.506. The molecule has 25 heavy (non-hydrogen) atoms. The van der Waals surface area contributed by atoms with Gasteiger partial charge in [-0.2, -0.15) is 0 Å². The number of ether oxygens (including phenoxy) is 1. The molecule has 2 aromatic rings. The van der Waals surface area contributed by atoms with Gasteiger partial charge >= 0.3 is 5.97 Å². The van der Waals surface area contributed by atoms with Crippen LogP contribution < -0.4 is 5.32 Å². The minimum Gasteiger partial charge on any atom is -0.449 e. The quantitative estimate of drug-likeness (QED) is 0.615. The van der Waals surface area contributed by atoms with Gasteiger partial charge in [0.15, 0.2) is 11.3 Å². The Bertz CT molecular complexity index is 813. The Hall–Kier alpha value is -2.25. The molecule has 1 aromatic heterocycles. The van der Waals surface area contributed by atoms with Gasteiger partial charge in [-0.1, -0.05) is 30.7 Å². The molecule has 0 fully saturated rings. The molecular weight excluding hydrogens is 364 g/mol. The van der Waals surface area contributed by atoms with Crippen molar-refractivity contribution in [2.24, 2.45) is 0 Å². The van der Waals surface area contributed by atoms with Crippen LogP contribution in [0.5, 0.6) is 0 Å². The van der Waals surface area contributed by atoms with Crippen LogP contribution in [0.2, 0.25) is 5.15 Å². The van der Waals surface area contributed by atoms with Gasteiger partial charge in [0, 0.05) is 11.9 Å². The molecule has 1 N–H and O–H groups in total. The first-order chi connectivity index (χ1) is 11.9. The molecule has 1 heterocycles. The number of hydrogen-bond acceptors (Lipinski definition) is 5. The van der Waals surface area contributed by atoms with E-state index in [0.29, 0.717) is 16.3 Å². The second-order valence-electron chi connectivity index (χ2n) is 5.01. The maximum atomic E-state index is 12.3. The number of rotatable bonds is 6. The molecule has 0 radical (unpaired) electrons. The van der Waals surface area contributed by atoms with Crippen LogP contribution in [0.25, 0.3) is 0 Å². The van der Waals surface area contributed by atoms with E-state index < -0.39 is 28.8 Å². The number of pyridine rings is 1. The summed E-state index contributed by atoms with van der Waals surface area (Å²) in [7, 11) is -1.31. The summed E-state index contributed by atoms with van der Waals surface area (Å²) < 4.78 is 17.2. The average Bonchev–Trinajstić information content (AvgIpc) is 2.62. The second-order valence-corrected chi connectivity index (χ2v) is 7.08. The molecule has 6 nitrogen and oxygen atoms in total. The maximum Gasteiger partial charge on any atom is 0.340 e. The van der Waals surface area contributed by atoms with E-state index in [1.54, 1.807) is 37.3 Å². The monoisotopic (exact) mass is 380 g/mol. The SMILES string of the molecule is CC[S@@](=O)c1ccccc1C(=O)O[C@H](C)C(=O)Nc1cccnc1Cl. The summed E-state index contributed by atoms with van der Waals surface area (Å²) in [5.74, 6) is -0.880. The Kier molecular flexibility index (Phi) is 6.66. The summed E-state index contributed by atoms with van der Waals surface area (Å²) in [6, 6.07) is 9.67. The van der Waals surface area contributed by atoms with E-state index in [2.05, 4.69) is 10.3 Å². The van der Waals surface area contributed by atoms with E-state index in [9.17, 15) is 13.8 Å². The minimum atomic E-state index is -1.31. The first kappa shape index (κ1) is 19.1. The van der Waals surface area contributed by atoms with Crippen molar-refractivity contribution in [2.75, 3.05) is 11.1 Å². The summed E-state index contributed by atoms with van der Waals surface area (Å²) >= 11 is 5.88. The smallest absolute Gasteiger partial charge is 0.340 e. The van der Waals surface area contributed by atoms with Crippen LogP contribution in [0.3, 0.4) is 0 Å². The number of hydrogen-bond donors (Lipinski definition) is 1. The van der Waals surface area contributed by atoms with Gasteiger partial charge in [-0.05, 0) is 31.2 Å². The molecule has 2 atom stereocenters. The van der Waals surface area contributed by atoms with Crippen LogP contribution in [0.4, 0.5) is 5.69 Å². The largest absolute Gasteiger partial charge is 0.449 e. The zero-order valence-electron chi connectivity index (χ0n) is 13.7. The zero-order chi connectivity index (χ0) is 18.4. The molecule has 0 saturated carbocycles. The van der Waals surface area contributed by atoms with Crippen molar-refractivity contribution in [1.29, 1.82) is 0 Å². The number of carbonyl (C=O) groups is 2. The van der Waals surface area contributed by atoms with Crippen molar-refractivity contribution >= 4 is 40.0 Å². The summed E-state index contributed by atoms with van der Waals surface area (Å²) in [6.07, 6.45) is 0.429. The van der Waals surface area contributed by atoms with Crippen LogP contribution in [0.1, 0.15) is 24.2 Å². The molecule has 8 heteroatoms. The standard InChI is InChI=1S/C17H17ClN2O4S/c1-3-25(23)14-9-5-4-7-12(14)17(22)24-11(2)16(21)20-13-8-6-10-19-15(13)18/h4-11H,3H2,1-2H3,(H,20,21)/t11-,25-/m1/s1. The summed E-state index contributed by atoms with van der Waals surface area (Å²) in [6.45, 7) is 3.20. The molecule has 132 valence electrons. The van der Waals surface area contributed by atoms with Crippen LogP contribution in [-0.2, 0) is 20.3 Å². The van der Waals surface area contributed by atoms with Crippen molar-refractivity contribution in [3.8, 4) is 0 Å². The Morgan fingerprint density at radius 1 is 1.28 bits per heavy atom. The van der Waals surface area contributed by atoms with E-state index in [1.165, 1.54) is 19.2 Å². The molecular formula is C17H17ClN2O4S. The Labute approximate surface area is 153 Å². The first-order valence-corrected chi connectivity index (χ1v) is 9.23. The van der Waals surface area contributed by atoms with Crippen LogP contribution in [0.15, 0.2) is 47.5 Å². The molecule has 0 aliphatic heterocycles. The van der Waals surface area contributed by atoms with Crippen molar-refractivity contribution in [3.63, 3.8) is 0 Å². The van der Waals surface area contributed by atoms with E-state index in [1.807, 2.05) is 0 Å². The molecule has 1 amide bonds. The topological polar surface area (TPSA) is 85.4 Å². The lowest BCUT2D eigenvalue weighted by Crippen LogP contribution is -2.30. The predicted molar refractivity (Wildman–Crippen MR) is 96.1 cm³/mol. The van der Waals surface area contributed by atoms with Crippen molar-refractivity contribution in [1.82, 2.24) is 4.98 Å². The summed E-state index contributed by atoms with van der Waals surface area (Å²) in [4.78, 5) is 28.8. The molecule has 1 aromatic carbocycles. The molecule has 2 rings (SSSR count). The predicted octanol–water partition coefficient (Wildman–Crippen LogP) is 3.05. The van der Waals surface area contributed by atoms with Gasteiger partial charge in [0.05, 0.1) is 26.9 Å². The maximum absolute atomic E-state index is 12.3. The molecule has 0 saturated heterocycles. The van der Waals surface area contributed by atoms with Crippen LogP contribution in [-0.4, -0.2) is 32.9 Å². The van der Waals surface area contributed by atoms with Gasteiger partial charge in [0.1, 0.15) is 0 Å². The van der Waals surface area contributed by atoms with Gasteiger partial charge in [0.2, 0.25) is 0 Å². The number of anilines is 1. The van der Waals surface area contributed by atoms with Gasteiger partial charge in [-0.3, -0.25) is 9.00 Å². The first-order valence-electron chi connectivity index (χ1n) is 7.53. The van der Waals surface area contributed by atoms with Crippen LogP contribution in [0, 0.1) is 0 Å². The normalized spacial score (nSPS) is 12.9. The Morgan fingerprint density at radius 3 is 2.68 bits per heavy atom. The van der Waals surface area contributed by atoms with E-state index >= 15 is 0 Å². The van der Waals surface area contributed by atoms with Gasteiger partial charge in [-0.15, -0.1) is 0 Å². The van der Waals surface area contributed by atoms with Gasteiger partial charge in [-0.25, -0.2) is 9.78 Å². The van der Waals surface area contributed by atoms with Gasteiger partial charge in [0.25, 0.3) is 5.91 Å². The molecule has 0 bridgehead atoms. The lowest BCUT2D eigenvalue weighted by atomic mass is 10.2. The molecule has 0 spiro atoms. The van der Waals surface area contributed by atoms with Crippen LogP contribution >= 0.6 is 11.6 Å². The third-order valence-electron chi connectivity index (χ3n) is 3.28. The molecule has 0 unspecified atom stereocenters. The lowest BCUT2D eigenvalue weighted by molar-refractivity contribution is -0.123. The highest BCUT2D eigenvalue weighted by Crippen LogP contribution is 2.19. The summed E-state index contributed by atoms with van der Waals surface area (Å²) in [5, 5.41) is 2.68. The zero-order valence-corrected chi connectivity index (χ0v) is 15.3. The highest BCUT2D eigenvalue weighted by Gasteiger charge is 2.22. The second kappa shape index (κ2) is 8.73. The lowest BCUT2D eigenvalue weighted by Gasteiger charge is -2.15. The fraction of sp³-hybridized carbons (Fsp3) is 0.235.